The SMILES string of the molecule is CC1(C)OB(c2ccc3c(c2)Oc2ccccc2C32c3ccccc3-c3ccccc32)OC1(C)C.Clc1nc(-c2ccccc2)c2ccccc2n1.c1ccc(-c2nc(-c3ccc4c(c3)Oc3ccccc3C43c4ccccc4-c4ccccc43)nc3ccccc23)cc1. The second-order valence-corrected chi connectivity index (χ2v) is 25.8. The van der Waals surface area contributed by atoms with E-state index in [1.807, 2.05) is 97.1 Å². The topological polar surface area (TPSA) is 88.5 Å². The number of ether oxygens (including phenoxy) is 2. The average Bonchev–Trinajstić information content (AvgIpc) is 1.51. The number of rotatable bonds is 4. The van der Waals surface area contributed by atoms with Crippen LogP contribution >= 0.6 is 11.6 Å². The third-order valence-corrected chi connectivity index (χ3v) is 19.9. The predicted octanol–water partition coefficient (Wildman–Crippen LogP) is 19.8. The van der Waals surface area contributed by atoms with Crippen molar-refractivity contribution in [1.82, 2.24) is 19.9 Å². The van der Waals surface area contributed by atoms with E-state index in [4.69, 9.17) is 40.4 Å². The Labute approximate surface area is 551 Å². The van der Waals surface area contributed by atoms with Gasteiger partial charge >= 0.3 is 7.12 Å². The molecule has 5 aliphatic rings. The van der Waals surface area contributed by atoms with Gasteiger partial charge in [-0.25, -0.2) is 19.9 Å². The van der Waals surface area contributed by atoms with Gasteiger partial charge in [0.25, 0.3) is 0 Å². The van der Waals surface area contributed by atoms with E-state index in [-0.39, 0.29) is 5.28 Å². The third-order valence-electron chi connectivity index (χ3n) is 19.8. The zero-order valence-electron chi connectivity index (χ0n) is 52.1. The van der Waals surface area contributed by atoms with Crippen LogP contribution < -0.4 is 14.9 Å². The second-order valence-electron chi connectivity index (χ2n) is 25.4. The summed E-state index contributed by atoms with van der Waals surface area (Å²) in [5, 5.41) is 2.33. The molecule has 1 fully saturated rings. The minimum Gasteiger partial charge on any atom is -0.457 e. The molecule has 0 amide bonds. The molecule has 94 heavy (non-hydrogen) atoms. The van der Waals surface area contributed by atoms with Crippen molar-refractivity contribution in [2.75, 3.05) is 0 Å². The summed E-state index contributed by atoms with van der Waals surface area (Å²) in [6.45, 7) is 8.33. The van der Waals surface area contributed by atoms with Crippen molar-refractivity contribution in [2.24, 2.45) is 0 Å². The van der Waals surface area contributed by atoms with Crippen LogP contribution in [-0.2, 0) is 20.1 Å². The number of para-hydroxylation sites is 4. The molecule has 3 aliphatic heterocycles. The fourth-order valence-corrected chi connectivity index (χ4v) is 15.1. The van der Waals surface area contributed by atoms with Gasteiger partial charge in [-0.3, -0.25) is 0 Å². The first-order valence-corrected chi connectivity index (χ1v) is 32.3. The normalized spacial score (nSPS) is 15.3. The van der Waals surface area contributed by atoms with E-state index in [0.29, 0.717) is 5.82 Å². The summed E-state index contributed by atoms with van der Waals surface area (Å²) in [5.41, 5.74) is 20.7. The third kappa shape index (κ3) is 8.90. The molecule has 0 atom stereocenters. The van der Waals surface area contributed by atoms with Gasteiger partial charge in [0.05, 0.1) is 44.5 Å². The number of nitrogens with zero attached hydrogens (tertiary/aromatic N) is 4. The molecule has 12 aromatic carbocycles. The van der Waals surface area contributed by atoms with Gasteiger partial charge in [0.2, 0.25) is 5.28 Å². The summed E-state index contributed by atoms with van der Waals surface area (Å²) in [4.78, 5) is 18.7. The van der Waals surface area contributed by atoms with Crippen LogP contribution in [0.25, 0.3) is 78.0 Å². The molecular formula is C84H60BClN4O4. The number of benzene rings is 12. The predicted molar refractivity (Wildman–Crippen MR) is 377 cm³/mol. The van der Waals surface area contributed by atoms with E-state index in [0.717, 1.165) is 95.0 Å². The van der Waals surface area contributed by atoms with Crippen molar-refractivity contribution in [3.05, 3.63) is 341 Å². The van der Waals surface area contributed by atoms with Gasteiger partial charge in [-0.1, -0.05) is 255 Å². The zero-order chi connectivity index (χ0) is 63.3. The van der Waals surface area contributed by atoms with Crippen LogP contribution in [0.4, 0.5) is 0 Å². The van der Waals surface area contributed by atoms with Crippen LogP contribution in [0.15, 0.2) is 291 Å². The maximum atomic E-state index is 6.70. The lowest BCUT2D eigenvalue weighted by Gasteiger charge is -2.39. The van der Waals surface area contributed by atoms with Crippen LogP contribution in [0.2, 0.25) is 5.28 Å². The standard InChI is InChI=1S/C39H24N2O.C31H27BO3.C14H9ClN2/c1-2-12-25(13-3-1)37-29-16-6-10-20-34(29)40-38(41-37)26-22-23-33-36(24-26)42-35-21-11-9-19-32(35)39(33)30-17-7-4-14-27(30)28-15-5-8-18-31(28)39;1-29(2)30(3,4)35-32(34-29)20-17-18-26-28(19-20)33-27-16-10-9-15-25(27)31(26)23-13-7-5-11-21(23)22-12-6-8-14-24(22)31;15-14-16-12-9-5-4-8-11(12)13(17-14)10-6-2-1-3-7-10/h1-24H;5-19H,1-4H3;1-9H. The molecule has 8 nitrogen and oxygen atoms in total. The number of halogens is 1. The van der Waals surface area contributed by atoms with Gasteiger partial charge in [-0.2, -0.15) is 0 Å². The Morgan fingerprint density at radius 2 is 0.681 bits per heavy atom. The highest BCUT2D eigenvalue weighted by Crippen LogP contribution is 2.64. The van der Waals surface area contributed by atoms with Crippen molar-refractivity contribution in [1.29, 1.82) is 0 Å². The van der Waals surface area contributed by atoms with E-state index in [2.05, 4.69) is 232 Å². The van der Waals surface area contributed by atoms with Crippen LogP contribution in [0, 0.1) is 0 Å². The number of hydrogen-bond acceptors (Lipinski definition) is 8. The van der Waals surface area contributed by atoms with Gasteiger partial charge in [0.1, 0.15) is 23.0 Å². The highest BCUT2D eigenvalue weighted by Gasteiger charge is 2.55. The minimum absolute atomic E-state index is 0.280. The van der Waals surface area contributed by atoms with Gasteiger partial charge in [-0.15, -0.1) is 0 Å². The largest absolute Gasteiger partial charge is 0.494 e. The van der Waals surface area contributed by atoms with Crippen molar-refractivity contribution in [3.8, 4) is 79.2 Å². The summed E-state index contributed by atoms with van der Waals surface area (Å²) in [6.07, 6.45) is 0. The summed E-state index contributed by atoms with van der Waals surface area (Å²) in [6, 6.07) is 101. The zero-order valence-corrected chi connectivity index (χ0v) is 52.8. The molecule has 2 spiro atoms. The minimum atomic E-state index is -0.477. The van der Waals surface area contributed by atoms with Gasteiger partial charge < -0.3 is 18.8 Å². The molecule has 0 unspecified atom stereocenters. The Morgan fingerprint density at radius 3 is 1.17 bits per heavy atom. The Hall–Kier alpha value is -10.8. The molecule has 0 saturated carbocycles. The molecule has 19 rings (SSSR count). The molecule has 10 heteroatoms. The van der Waals surface area contributed by atoms with E-state index in [1.54, 1.807) is 0 Å². The molecular weight excluding hydrogens is 1180 g/mol. The molecule has 0 N–H and O–H groups in total. The first-order valence-electron chi connectivity index (χ1n) is 31.9. The molecule has 1 saturated heterocycles. The highest BCUT2D eigenvalue weighted by molar-refractivity contribution is 6.62. The van der Waals surface area contributed by atoms with Gasteiger partial charge in [0.15, 0.2) is 5.82 Å². The van der Waals surface area contributed by atoms with Crippen molar-refractivity contribution >= 4 is 46.0 Å². The summed E-state index contributed by atoms with van der Waals surface area (Å²) < 4.78 is 26.0. The summed E-state index contributed by atoms with van der Waals surface area (Å²) in [7, 11) is -0.440. The van der Waals surface area contributed by atoms with Gasteiger partial charge in [0, 0.05) is 49.7 Å². The smallest absolute Gasteiger partial charge is 0.457 e. The Balaban J connectivity index is 0.000000116. The lowest BCUT2D eigenvalue weighted by molar-refractivity contribution is 0.00578. The molecule has 2 aromatic heterocycles. The maximum Gasteiger partial charge on any atom is 0.494 e. The van der Waals surface area contributed by atoms with Crippen LogP contribution in [0.1, 0.15) is 72.2 Å². The molecule has 0 bridgehead atoms. The summed E-state index contributed by atoms with van der Waals surface area (Å²) >= 11 is 5.95. The van der Waals surface area contributed by atoms with E-state index < -0.39 is 29.2 Å². The molecule has 5 heterocycles. The van der Waals surface area contributed by atoms with E-state index in [1.165, 1.54) is 50.1 Å². The lowest BCUT2D eigenvalue weighted by Crippen LogP contribution is -2.41. The quantitative estimate of drug-likeness (QED) is 0.127. The Kier molecular flexibility index (Phi) is 13.5. The highest BCUT2D eigenvalue weighted by atomic mass is 35.5. The first kappa shape index (κ1) is 57.1. The molecule has 2 aliphatic carbocycles. The molecule has 450 valence electrons. The fraction of sp³-hybridized carbons (Fsp3) is 0.0952. The average molecular weight is 1240 g/mol. The maximum absolute atomic E-state index is 6.70. The monoisotopic (exact) mass is 1230 g/mol. The van der Waals surface area contributed by atoms with Crippen molar-refractivity contribution in [2.45, 2.75) is 49.7 Å². The number of aromatic nitrogens is 4. The van der Waals surface area contributed by atoms with E-state index in [9.17, 15) is 0 Å². The molecule has 14 aromatic rings. The second kappa shape index (κ2) is 22.2. The number of fused-ring (bicyclic) bond motifs is 20. The Bertz CT molecular complexity index is 5240. The van der Waals surface area contributed by atoms with Crippen LogP contribution in [-0.4, -0.2) is 38.3 Å². The summed E-state index contributed by atoms with van der Waals surface area (Å²) in [5.74, 6) is 4.12. The van der Waals surface area contributed by atoms with Crippen molar-refractivity contribution < 1.29 is 18.8 Å². The van der Waals surface area contributed by atoms with Gasteiger partial charge in [-0.05, 0) is 126 Å². The van der Waals surface area contributed by atoms with Crippen molar-refractivity contribution in [3.63, 3.8) is 0 Å². The van der Waals surface area contributed by atoms with E-state index >= 15 is 0 Å². The Morgan fingerprint density at radius 1 is 0.309 bits per heavy atom. The van der Waals surface area contributed by atoms with Crippen LogP contribution in [0.5, 0.6) is 23.0 Å². The molecule has 0 radical (unpaired) electrons. The van der Waals surface area contributed by atoms with Crippen LogP contribution in [0.3, 0.4) is 0 Å². The number of hydrogen-bond donors (Lipinski definition) is 0. The first-order chi connectivity index (χ1) is 46.0. The lowest BCUT2D eigenvalue weighted by atomic mass is 9.65. The fourth-order valence-electron chi connectivity index (χ4n) is 14.9.